The number of nitrogens with zero attached hydrogens (tertiary/aromatic N) is 3. The molecule has 3 heterocycles. The van der Waals surface area contributed by atoms with E-state index < -0.39 is 34.9 Å². The van der Waals surface area contributed by atoms with Crippen molar-refractivity contribution in [2.45, 2.75) is 0 Å². The lowest BCUT2D eigenvalue weighted by molar-refractivity contribution is -0.385. The smallest absolute Gasteiger partial charge is 0.282 e. The number of nitrogens with one attached hydrogen (secondary N) is 1. The zero-order valence-electron chi connectivity index (χ0n) is 14.2. The molecular formula is C17H9ClN4O5S2. The molecule has 146 valence electrons. The monoisotopic (exact) mass is 448 g/mol. The second kappa shape index (κ2) is 7.35. The zero-order chi connectivity index (χ0) is 20.7. The van der Waals surface area contributed by atoms with Crippen LogP contribution in [0.15, 0.2) is 35.7 Å². The molecule has 9 nitrogen and oxygen atoms in total. The van der Waals surface area contributed by atoms with Crippen molar-refractivity contribution in [2.75, 3.05) is 11.9 Å². The number of benzene rings is 1. The first-order valence-electron chi connectivity index (χ1n) is 8.00. The molecule has 0 spiro atoms. The lowest BCUT2D eigenvalue weighted by atomic mass is 10.1. The maximum atomic E-state index is 12.5. The third kappa shape index (κ3) is 3.50. The van der Waals surface area contributed by atoms with Gasteiger partial charge in [0.05, 0.1) is 25.4 Å². The van der Waals surface area contributed by atoms with E-state index in [0.29, 0.717) is 14.9 Å². The highest BCUT2D eigenvalue weighted by Gasteiger charge is 2.41. The average Bonchev–Trinajstić information content (AvgIpc) is 3.37. The van der Waals surface area contributed by atoms with Gasteiger partial charge in [-0.3, -0.25) is 29.4 Å². The molecule has 4 rings (SSSR count). The summed E-state index contributed by atoms with van der Waals surface area (Å²) in [6, 6.07) is 7.32. The third-order valence-electron chi connectivity index (χ3n) is 4.05. The minimum atomic E-state index is -0.875. The van der Waals surface area contributed by atoms with E-state index >= 15 is 0 Å². The number of amides is 3. The Labute approximate surface area is 175 Å². The van der Waals surface area contributed by atoms with Crippen molar-refractivity contribution in [3.63, 3.8) is 0 Å². The normalized spacial score (nSPS) is 12.9. The van der Waals surface area contributed by atoms with Gasteiger partial charge in [-0.15, -0.1) is 22.7 Å². The van der Waals surface area contributed by atoms with Gasteiger partial charge in [-0.1, -0.05) is 17.7 Å². The zero-order valence-corrected chi connectivity index (χ0v) is 16.6. The summed E-state index contributed by atoms with van der Waals surface area (Å²) in [5.74, 6) is -2.27. The van der Waals surface area contributed by atoms with Gasteiger partial charge >= 0.3 is 0 Å². The summed E-state index contributed by atoms with van der Waals surface area (Å²) in [5, 5.41) is 15.7. The number of hydrogen-bond donors (Lipinski definition) is 1. The lowest BCUT2D eigenvalue weighted by Crippen LogP contribution is -2.37. The molecule has 0 bridgehead atoms. The van der Waals surface area contributed by atoms with Crippen LogP contribution in [0.2, 0.25) is 4.34 Å². The molecule has 3 aromatic rings. The highest BCUT2D eigenvalue weighted by Crippen LogP contribution is 2.33. The van der Waals surface area contributed by atoms with Gasteiger partial charge in [0.2, 0.25) is 5.91 Å². The molecule has 0 unspecified atom stereocenters. The van der Waals surface area contributed by atoms with Crippen molar-refractivity contribution in [3.8, 4) is 10.6 Å². The summed E-state index contributed by atoms with van der Waals surface area (Å²) in [5.41, 5.74) is -0.231. The molecule has 12 heteroatoms. The topological polar surface area (TPSA) is 123 Å². The molecule has 0 atom stereocenters. The van der Waals surface area contributed by atoms with Gasteiger partial charge in [0.25, 0.3) is 17.5 Å². The number of aromatic nitrogens is 1. The van der Waals surface area contributed by atoms with Crippen LogP contribution in [0.4, 0.5) is 10.8 Å². The van der Waals surface area contributed by atoms with E-state index in [1.165, 1.54) is 34.8 Å². The van der Waals surface area contributed by atoms with E-state index in [0.717, 1.165) is 10.9 Å². The van der Waals surface area contributed by atoms with Crippen LogP contribution in [0, 0.1) is 10.1 Å². The van der Waals surface area contributed by atoms with Crippen molar-refractivity contribution in [2.24, 2.45) is 0 Å². The maximum Gasteiger partial charge on any atom is 0.282 e. The minimum Gasteiger partial charge on any atom is -0.300 e. The highest BCUT2D eigenvalue weighted by molar-refractivity contribution is 7.20. The third-order valence-corrected chi connectivity index (χ3v) is 6.06. The average molecular weight is 449 g/mol. The van der Waals surface area contributed by atoms with Crippen LogP contribution in [0.5, 0.6) is 0 Å². The maximum absolute atomic E-state index is 12.5. The standard InChI is InChI=1S/C17H9ClN4O5S2/c18-12-5-4-11(29-12)9-7-28-17(19-9)20-13(23)6-21-15(24)8-2-1-3-10(22(26)27)14(8)16(21)25/h1-5,7H,6H2,(H,19,20,23). The number of carbonyl (C=O) groups is 3. The molecule has 0 fully saturated rings. The fourth-order valence-electron chi connectivity index (χ4n) is 2.81. The number of fused-ring (bicyclic) bond motifs is 1. The number of thiazole rings is 1. The molecular weight excluding hydrogens is 440 g/mol. The Morgan fingerprint density at radius 3 is 2.72 bits per heavy atom. The Balaban J connectivity index is 1.49. The summed E-state index contributed by atoms with van der Waals surface area (Å²) in [4.78, 5) is 53.5. The Bertz CT molecular complexity index is 1190. The second-order valence-electron chi connectivity index (χ2n) is 5.84. The SMILES string of the molecule is O=C(CN1C(=O)c2cccc([N+](=O)[O-])c2C1=O)Nc1nc(-c2ccc(Cl)s2)cs1. The number of thiophene rings is 1. The van der Waals surface area contributed by atoms with Gasteiger partial charge in [0.1, 0.15) is 12.1 Å². The summed E-state index contributed by atoms with van der Waals surface area (Å²) in [7, 11) is 0. The van der Waals surface area contributed by atoms with Crippen LogP contribution in [0.25, 0.3) is 10.6 Å². The molecule has 0 saturated heterocycles. The van der Waals surface area contributed by atoms with Crippen LogP contribution >= 0.6 is 34.3 Å². The van der Waals surface area contributed by atoms with Gasteiger partial charge in [-0.25, -0.2) is 4.98 Å². The Morgan fingerprint density at radius 2 is 2.03 bits per heavy atom. The molecule has 29 heavy (non-hydrogen) atoms. The van der Waals surface area contributed by atoms with Crippen LogP contribution in [0.1, 0.15) is 20.7 Å². The molecule has 0 saturated carbocycles. The number of halogens is 1. The van der Waals surface area contributed by atoms with E-state index in [1.54, 1.807) is 17.5 Å². The number of rotatable bonds is 5. The Morgan fingerprint density at radius 1 is 1.24 bits per heavy atom. The van der Waals surface area contributed by atoms with Gasteiger partial charge in [0, 0.05) is 11.4 Å². The van der Waals surface area contributed by atoms with E-state index in [-0.39, 0.29) is 16.3 Å². The quantitative estimate of drug-likeness (QED) is 0.361. The predicted molar refractivity (Wildman–Crippen MR) is 108 cm³/mol. The largest absolute Gasteiger partial charge is 0.300 e. The summed E-state index contributed by atoms with van der Waals surface area (Å²) < 4.78 is 0.610. The fourth-order valence-corrected chi connectivity index (χ4v) is 4.62. The summed E-state index contributed by atoms with van der Waals surface area (Å²) in [6.07, 6.45) is 0. The number of carbonyl (C=O) groups excluding carboxylic acids is 3. The molecule has 1 N–H and O–H groups in total. The first-order chi connectivity index (χ1) is 13.8. The van der Waals surface area contributed by atoms with E-state index in [2.05, 4.69) is 10.3 Å². The number of anilines is 1. The van der Waals surface area contributed by atoms with Crippen molar-refractivity contribution in [1.29, 1.82) is 0 Å². The Hall–Kier alpha value is -3.15. The molecule has 1 aliphatic rings. The molecule has 1 aliphatic heterocycles. The first-order valence-corrected chi connectivity index (χ1v) is 10.1. The molecule has 0 radical (unpaired) electrons. The number of nitro groups is 1. The van der Waals surface area contributed by atoms with E-state index in [4.69, 9.17) is 11.6 Å². The van der Waals surface area contributed by atoms with Crippen molar-refractivity contribution >= 4 is 62.8 Å². The molecule has 2 aromatic heterocycles. The van der Waals surface area contributed by atoms with Gasteiger partial charge < -0.3 is 5.32 Å². The summed E-state index contributed by atoms with van der Waals surface area (Å²) >= 11 is 8.42. The lowest BCUT2D eigenvalue weighted by Gasteiger charge is -2.12. The predicted octanol–water partition coefficient (Wildman–Crippen LogP) is 3.67. The number of imide groups is 1. The van der Waals surface area contributed by atoms with Gasteiger partial charge in [0.15, 0.2) is 5.13 Å². The van der Waals surface area contributed by atoms with Gasteiger partial charge in [-0.2, -0.15) is 0 Å². The molecule has 1 aromatic carbocycles. The van der Waals surface area contributed by atoms with Crippen LogP contribution < -0.4 is 5.32 Å². The van der Waals surface area contributed by atoms with E-state index in [1.807, 2.05) is 0 Å². The summed E-state index contributed by atoms with van der Waals surface area (Å²) in [6.45, 7) is -0.580. The minimum absolute atomic E-state index is 0.0943. The van der Waals surface area contributed by atoms with Gasteiger partial charge in [-0.05, 0) is 18.2 Å². The Kier molecular flexibility index (Phi) is 4.86. The molecule has 0 aliphatic carbocycles. The second-order valence-corrected chi connectivity index (χ2v) is 8.42. The van der Waals surface area contributed by atoms with E-state index in [9.17, 15) is 24.5 Å². The molecule has 3 amide bonds. The fraction of sp³-hybridized carbons (Fsp3) is 0.0588. The van der Waals surface area contributed by atoms with Crippen molar-refractivity contribution in [3.05, 3.63) is 61.3 Å². The van der Waals surface area contributed by atoms with Crippen LogP contribution in [-0.4, -0.2) is 39.1 Å². The number of nitro benzene ring substituents is 1. The van der Waals surface area contributed by atoms with Crippen LogP contribution in [0.3, 0.4) is 0 Å². The highest BCUT2D eigenvalue weighted by atomic mass is 35.5. The van der Waals surface area contributed by atoms with Crippen molar-refractivity contribution in [1.82, 2.24) is 9.88 Å². The van der Waals surface area contributed by atoms with Crippen molar-refractivity contribution < 1.29 is 19.3 Å². The number of hydrogen-bond acceptors (Lipinski definition) is 8. The first kappa shape index (κ1) is 19.2. The van der Waals surface area contributed by atoms with Crippen LogP contribution in [-0.2, 0) is 4.79 Å².